The normalized spacial score (nSPS) is 49.6. The molecule has 2 saturated carbocycles. The van der Waals surface area contributed by atoms with Crippen molar-refractivity contribution in [1.82, 2.24) is 0 Å². The highest BCUT2D eigenvalue weighted by molar-refractivity contribution is 5.41. The summed E-state index contributed by atoms with van der Waals surface area (Å²) in [5, 5.41) is 11.1. The van der Waals surface area contributed by atoms with Gasteiger partial charge in [-0.1, -0.05) is 43.3 Å². The van der Waals surface area contributed by atoms with Gasteiger partial charge in [-0.3, -0.25) is 0 Å². The Kier molecular flexibility index (Phi) is 2.15. The summed E-state index contributed by atoms with van der Waals surface area (Å²) in [6, 6.07) is 9.09. The smallest absolute Gasteiger partial charge is 0.0889 e. The number of aliphatic hydroxyl groups is 1. The highest BCUT2D eigenvalue weighted by Gasteiger charge is 2.70. The van der Waals surface area contributed by atoms with Crippen LogP contribution < -0.4 is 0 Å². The van der Waals surface area contributed by atoms with Gasteiger partial charge < -0.3 is 5.11 Å². The lowest BCUT2D eigenvalue weighted by Gasteiger charge is -2.56. The van der Waals surface area contributed by atoms with Crippen LogP contribution in [0.5, 0.6) is 0 Å². The highest BCUT2D eigenvalue weighted by Crippen LogP contribution is 2.74. The Morgan fingerprint density at radius 3 is 2.71 bits per heavy atom. The standard InChI is InChI=1S/C20H24O/c1-18-9-8-16-15-5-3-2-4-14(15)6-7-17(16)19(18)10-12-20(18,21)13-11-19/h2-5,10,12,16-17,21H,6-9,11,13H2,1H3/t16-,17-,18+,19+,20+/m1/s1. The molecule has 0 heterocycles. The number of benzene rings is 1. The molecule has 2 bridgehead atoms. The van der Waals surface area contributed by atoms with Crippen molar-refractivity contribution in [2.75, 3.05) is 0 Å². The lowest BCUT2D eigenvalue weighted by molar-refractivity contribution is -0.0870. The summed E-state index contributed by atoms with van der Waals surface area (Å²) in [5.41, 5.74) is 3.02. The van der Waals surface area contributed by atoms with Crippen LogP contribution in [-0.4, -0.2) is 10.7 Å². The summed E-state index contributed by atoms with van der Waals surface area (Å²) < 4.78 is 0. The monoisotopic (exact) mass is 280 g/mol. The van der Waals surface area contributed by atoms with Crippen molar-refractivity contribution in [2.24, 2.45) is 16.7 Å². The zero-order valence-corrected chi connectivity index (χ0v) is 12.8. The molecule has 1 aromatic carbocycles. The van der Waals surface area contributed by atoms with Crippen molar-refractivity contribution in [3.63, 3.8) is 0 Å². The Morgan fingerprint density at radius 1 is 1.05 bits per heavy atom. The molecule has 1 nitrogen and oxygen atoms in total. The van der Waals surface area contributed by atoms with Crippen LogP contribution in [-0.2, 0) is 6.42 Å². The van der Waals surface area contributed by atoms with E-state index < -0.39 is 5.60 Å². The molecule has 0 aromatic heterocycles. The first kappa shape index (κ1) is 12.5. The Balaban J connectivity index is 1.66. The molecule has 0 saturated heterocycles. The van der Waals surface area contributed by atoms with Gasteiger partial charge in [0.2, 0.25) is 0 Å². The molecule has 0 spiro atoms. The van der Waals surface area contributed by atoms with E-state index in [4.69, 9.17) is 0 Å². The molecule has 0 radical (unpaired) electrons. The van der Waals surface area contributed by atoms with Gasteiger partial charge in [0.25, 0.3) is 0 Å². The van der Waals surface area contributed by atoms with Crippen molar-refractivity contribution >= 4 is 0 Å². The van der Waals surface area contributed by atoms with Crippen LogP contribution in [0, 0.1) is 16.7 Å². The van der Waals surface area contributed by atoms with Gasteiger partial charge in [-0.15, -0.1) is 0 Å². The molecular weight excluding hydrogens is 256 g/mol. The van der Waals surface area contributed by atoms with E-state index in [1.807, 2.05) is 0 Å². The van der Waals surface area contributed by atoms with E-state index in [0.29, 0.717) is 5.92 Å². The van der Waals surface area contributed by atoms with Crippen LogP contribution in [0.4, 0.5) is 0 Å². The van der Waals surface area contributed by atoms with E-state index in [0.717, 1.165) is 12.3 Å². The third-order valence-corrected chi connectivity index (χ3v) is 7.84. The Hall–Kier alpha value is -1.08. The molecular formula is C20H24O. The first-order chi connectivity index (χ1) is 10.1. The fraction of sp³-hybridized carbons (Fsp3) is 0.600. The summed E-state index contributed by atoms with van der Waals surface area (Å²) in [6.07, 6.45) is 11.7. The molecule has 0 unspecified atom stereocenters. The minimum Gasteiger partial charge on any atom is -0.385 e. The first-order valence-corrected chi connectivity index (χ1v) is 8.60. The first-order valence-electron chi connectivity index (χ1n) is 8.60. The van der Waals surface area contributed by atoms with Crippen LogP contribution in [0.15, 0.2) is 36.4 Å². The molecule has 110 valence electrons. The molecule has 4 aliphatic rings. The second kappa shape index (κ2) is 3.63. The Bertz CT molecular complexity index is 647. The zero-order chi connectivity index (χ0) is 14.3. The molecule has 5 rings (SSSR count). The summed E-state index contributed by atoms with van der Waals surface area (Å²) in [7, 11) is 0. The molecule has 4 aliphatic carbocycles. The maximum atomic E-state index is 11.1. The summed E-state index contributed by atoms with van der Waals surface area (Å²) in [4.78, 5) is 0. The lowest BCUT2D eigenvalue weighted by Crippen LogP contribution is -2.52. The predicted molar refractivity (Wildman–Crippen MR) is 84.1 cm³/mol. The van der Waals surface area contributed by atoms with Gasteiger partial charge in [-0.05, 0) is 61.5 Å². The number of rotatable bonds is 0. The Labute approximate surface area is 127 Å². The van der Waals surface area contributed by atoms with Gasteiger partial charge in [0, 0.05) is 10.8 Å². The topological polar surface area (TPSA) is 20.2 Å². The van der Waals surface area contributed by atoms with Gasteiger partial charge in [0.15, 0.2) is 0 Å². The summed E-state index contributed by atoms with van der Waals surface area (Å²) in [5.74, 6) is 1.45. The minimum absolute atomic E-state index is 0.0907. The fourth-order valence-electron chi connectivity index (χ4n) is 6.61. The zero-order valence-electron chi connectivity index (χ0n) is 12.8. The molecule has 1 aromatic rings. The van der Waals surface area contributed by atoms with Gasteiger partial charge >= 0.3 is 0 Å². The molecule has 5 atom stereocenters. The molecule has 1 heteroatoms. The van der Waals surface area contributed by atoms with Crippen LogP contribution in [0.2, 0.25) is 0 Å². The van der Waals surface area contributed by atoms with Gasteiger partial charge in [0.05, 0.1) is 5.60 Å². The second-order valence-electron chi connectivity index (χ2n) is 8.12. The summed E-state index contributed by atoms with van der Waals surface area (Å²) >= 11 is 0. The van der Waals surface area contributed by atoms with Crippen LogP contribution in [0.1, 0.15) is 56.1 Å². The van der Waals surface area contributed by atoms with Gasteiger partial charge in [0.1, 0.15) is 0 Å². The SMILES string of the molecule is C[C@]12CC[C@@H]3c4ccccc4CC[C@H]3[C@@]13C=C[C@]2(O)CC3. The van der Waals surface area contributed by atoms with E-state index in [2.05, 4.69) is 43.3 Å². The van der Waals surface area contributed by atoms with Gasteiger partial charge in [-0.2, -0.15) is 0 Å². The maximum Gasteiger partial charge on any atom is 0.0889 e. The summed E-state index contributed by atoms with van der Waals surface area (Å²) in [6.45, 7) is 2.37. The van der Waals surface area contributed by atoms with Crippen molar-refractivity contribution in [2.45, 2.75) is 57.0 Å². The van der Waals surface area contributed by atoms with Crippen molar-refractivity contribution < 1.29 is 5.11 Å². The number of allylic oxidation sites excluding steroid dienone is 1. The molecule has 0 aliphatic heterocycles. The van der Waals surface area contributed by atoms with Crippen LogP contribution >= 0.6 is 0 Å². The van der Waals surface area contributed by atoms with Crippen LogP contribution in [0.3, 0.4) is 0 Å². The number of hydrogen-bond donors (Lipinski definition) is 1. The lowest BCUT2D eigenvalue weighted by atomic mass is 9.48. The minimum atomic E-state index is -0.519. The fourth-order valence-corrected chi connectivity index (χ4v) is 6.61. The molecule has 1 N–H and O–H groups in total. The van der Waals surface area contributed by atoms with Crippen molar-refractivity contribution in [3.05, 3.63) is 47.5 Å². The quantitative estimate of drug-likeness (QED) is 0.706. The van der Waals surface area contributed by atoms with Crippen molar-refractivity contribution in [3.8, 4) is 0 Å². The van der Waals surface area contributed by atoms with E-state index >= 15 is 0 Å². The average molecular weight is 280 g/mol. The number of hydrogen-bond acceptors (Lipinski definition) is 1. The van der Waals surface area contributed by atoms with E-state index in [1.165, 1.54) is 32.1 Å². The number of aryl methyl sites for hydroxylation is 1. The van der Waals surface area contributed by atoms with Gasteiger partial charge in [-0.25, -0.2) is 0 Å². The van der Waals surface area contributed by atoms with Crippen LogP contribution in [0.25, 0.3) is 0 Å². The average Bonchev–Trinajstić information content (AvgIpc) is 2.89. The molecule has 2 fully saturated rings. The predicted octanol–water partition coefficient (Wildman–Crippen LogP) is 4.21. The van der Waals surface area contributed by atoms with E-state index in [-0.39, 0.29) is 10.8 Å². The second-order valence-corrected chi connectivity index (χ2v) is 8.12. The Morgan fingerprint density at radius 2 is 1.90 bits per heavy atom. The van der Waals surface area contributed by atoms with E-state index in [9.17, 15) is 5.11 Å². The third kappa shape index (κ3) is 1.21. The maximum absolute atomic E-state index is 11.1. The highest BCUT2D eigenvalue weighted by atomic mass is 16.3. The molecule has 21 heavy (non-hydrogen) atoms. The molecule has 0 amide bonds. The van der Waals surface area contributed by atoms with Crippen molar-refractivity contribution in [1.29, 1.82) is 0 Å². The van der Waals surface area contributed by atoms with E-state index in [1.54, 1.807) is 11.1 Å². The largest absolute Gasteiger partial charge is 0.385 e. The third-order valence-electron chi connectivity index (χ3n) is 7.84. The number of fused-ring (bicyclic) bond motifs is 3.